The fourth-order valence-electron chi connectivity index (χ4n) is 6.84. The minimum atomic E-state index is -4.39. The number of nitrogens with zero attached hydrogens (tertiary/aromatic N) is 1. The Morgan fingerprint density at radius 2 is 1.60 bits per heavy atom. The lowest BCUT2D eigenvalue weighted by atomic mass is 9.49. The van der Waals surface area contributed by atoms with Crippen LogP contribution in [0.4, 0.5) is 13.2 Å². The van der Waals surface area contributed by atoms with Crippen molar-refractivity contribution in [3.05, 3.63) is 23.9 Å². The average molecular weight is 422 g/mol. The van der Waals surface area contributed by atoms with Gasteiger partial charge >= 0.3 is 6.18 Å². The summed E-state index contributed by atoms with van der Waals surface area (Å²) in [5, 5.41) is 3.35. The van der Waals surface area contributed by atoms with Gasteiger partial charge in [0.05, 0.1) is 5.56 Å². The molecule has 0 atom stereocenters. The maximum Gasteiger partial charge on any atom is 0.417 e. The topological polar surface area (TPSA) is 51.2 Å². The van der Waals surface area contributed by atoms with Crippen molar-refractivity contribution >= 4 is 5.91 Å². The Kier molecular flexibility index (Phi) is 4.98. The van der Waals surface area contributed by atoms with Crippen molar-refractivity contribution in [2.24, 2.45) is 23.2 Å². The normalized spacial score (nSPS) is 37.8. The van der Waals surface area contributed by atoms with Crippen LogP contribution in [0.1, 0.15) is 69.8 Å². The van der Waals surface area contributed by atoms with E-state index < -0.39 is 11.7 Å². The molecule has 5 saturated carbocycles. The molecule has 1 aromatic rings. The molecule has 0 radical (unpaired) electrons. The average Bonchev–Trinajstić information content (AvgIpc) is 2.68. The highest BCUT2D eigenvalue weighted by Crippen LogP contribution is 2.60. The number of hydrogen-bond acceptors (Lipinski definition) is 3. The molecular formula is C23H29F3N2O2. The van der Waals surface area contributed by atoms with Crippen molar-refractivity contribution in [1.82, 2.24) is 10.3 Å². The Morgan fingerprint density at radius 3 is 2.10 bits per heavy atom. The van der Waals surface area contributed by atoms with Crippen LogP contribution in [0.25, 0.3) is 0 Å². The predicted molar refractivity (Wildman–Crippen MR) is 105 cm³/mol. The van der Waals surface area contributed by atoms with Crippen molar-refractivity contribution in [3.8, 4) is 5.88 Å². The molecule has 7 heteroatoms. The lowest BCUT2D eigenvalue weighted by Gasteiger charge is -2.56. The third-order valence-electron chi connectivity index (χ3n) is 7.88. The summed E-state index contributed by atoms with van der Waals surface area (Å²) < 4.78 is 43.7. The van der Waals surface area contributed by atoms with Crippen LogP contribution in [-0.4, -0.2) is 23.0 Å². The van der Waals surface area contributed by atoms with Gasteiger partial charge in [-0.05, 0) is 88.0 Å². The molecule has 0 unspecified atom stereocenters. The number of carbonyl (C=O) groups excluding carboxylic acids is 1. The molecule has 5 aliphatic carbocycles. The molecule has 0 spiro atoms. The van der Waals surface area contributed by atoms with E-state index in [0.717, 1.165) is 75.0 Å². The van der Waals surface area contributed by atoms with Crippen LogP contribution in [0.3, 0.4) is 0 Å². The number of carbonyl (C=O) groups is 1. The summed E-state index contributed by atoms with van der Waals surface area (Å²) in [4.78, 5) is 17.0. The third-order valence-corrected chi connectivity index (χ3v) is 7.88. The molecule has 0 saturated heterocycles. The summed E-state index contributed by atoms with van der Waals surface area (Å²) >= 11 is 0. The largest absolute Gasteiger partial charge is 0.474 e. The molecule has 1 heterocycles. The summed E-state index contributed by atoms with van der Waals surface area (Å²) in [6.45, 7) is 0. The van der Waals surface area contributed by atoms with Crippen LogP contribution in [0.2, 0.25) is 0 Å². The number of hydrogen-bond donors (Lipinski definition) is 1. The molecule has 1 amide bonds. The first-order valence-corrected chi connectivity index (χ1v) is 11.3. The first-order valence-electron chi connectivity index (χ1n) is 11.3. The van der Waals surface area contributed by atoms with Gasteiger partial charge in [-0.15, -0.1) is 0 Å². The molecule has 4 bridgehead atoms. The van der Waals surface area contributed by atoms with Crippen LogP contribution in [0.15, 0.2) is 18.3 Å². The first-order chi connectivity index (χ1) is 14.3. The van der Waals surface area contributed by atoms with Crippen LogP contribution in [0.5, 0.6) is 5.88 Å². The maximum atomic E-state index is 13.2. The van der Waals surface area contributed by atoms with Crippen LogP contribution in [-0.2, 0) is 11.0 Å². The Bertz CT molecular complexity index is 749. The van der Waals surface area contributed by atoms with E-state index in [0.29, 0.717) is 0 Å². The summed E-state index contributed by atoms with van der Waals surface area (Å²) in [7, 11) is 0. The molecule has 0 aromatic carbocycles. The monoisotopic (exact) mass is 422 g/mol. The van der Waals surface area contributed by atoms with Crippen LogP contribution < -0.4 is 10.1 Å². The SMILES string of the molecule is O=C(NC1CCC(Oc2ccc(C(F)(F)F)cn2)CC1)C12CC3CC(CC(C3)C1)C2. The number of amides is 1. The Balaban J connectivity index is 1.12. The fourth-order valence-corrected chi connectivity index (χ4v) is 6.84. The maximum absolute atomic E-state index is 13.2. The van der Waals surface area contributed by atoms with Crippen molar-refractivity contribution < 1.29 is 22.7 Å². The predicted octanol–water partition coefficient (Wildman–Crippen LogP) is 5.12. The molecule has 5 fully saturated rings. The van der Waals surface area contributed by atoms with E-state index in [1.807, 2.05) is 0 Å². The van der Waals surface area contributed by atoms with E-state index in [-0.39, 0.29) is 29.3 Å². The molecule has 4 nitrogen and oxygen atoms in total. The highest BCUT2D eigenvalue weighted by molar-refractivity contribution is 5.83. The van der Waals surface area contributed by atoms with Gasteiger partial charge in [0.15, 0.2) is 0 Å². The summed E-state index contributed by atoms with van der Waals surface area (Å²) in [6.07, 6.45) is 6.77. The zero-order chi connectivity index (χ0) is 20.9. The van der Waals surface area contributed by atoms with Gasteiger partial charge in [-0.2, -0.15) is 13.2 Å². The van der Waals surface area contributed by atoms with E-state index in [1.165, 1.54) is 25.3 Å². The van der Waals surface area contributed by atoms with Gasteiger partial charge in [-0.1, -0.05) is 0 Å². The molecule has 30 heavy (non-hydrogen) atoms. The number of aromatic nitrogens is 1. The highest BCUT2D eigenvalue weighted by Gasteiger charge is 2.54. The first kappa shape index (κ1) is 20.1. The second-order valence-electron chi connectivity index (χ2n) is 10.1. The van der Waals surface area contributed by atoms with Gasteiger partial charge in [0.2, 0.25) is 11.8 Å². The molecule has 1 N–H and O–H groups in total. The minimum Gasteiger partial charge on any atom is -0.474 e. The third kappa shape index (κ3) is 3.92. The Labute approximate surface area is 175 Å². The Morgan fingerprint density at radius 1 is 1.00 bits per heavy atom. The number of ether oxygens (including phenoxy) is 1. The lowest BCUT2D eigenvalue weighted by molar-refractivity contribution is -0.147. The quantitative estimate of drug-likeness (QED) is 0.733. The number of rotatable bonds is 4. The van der Waals surface area contributed by atoms with E-state index in [2.05, 4.69) is 10.3 Å². The van der Waals surface area contributed by atoms with Gasteiger partial charge in [-0.3, -0.25) is 4.79 Å². The van der Waals surface area contributed by atoms with E-state index in [9.17, 15) is 18.0 Å². The van der Waals surface area contributed by atoms with Gasteiger partial charge in [-0.25, -0.2) is 4.98 Å². The number of nitrogens with one attached hydrogen (secondary N) is 1. The Hall–Kier alpha value is -1.79. The van der Waals surface area contributed by atoms with Crippen molar-refractivity contribution in [1.29, 1.82) is 0 Å². The second kappa shape index (κ2) is 7.41. The molecule has 164 valence electrons. The smallest absolute Gasteiger partial charge is 0.417 e. The van der Waals surface area contributed by atoms with Crippen molar-refractivity contribution in [2.75, 3.05) is 0 Å². The minimum absolute atomic E-state index is 0.0676. The van der Waals surface area contributed by atoms with Gasteiger partial charge < -0.3 is 10.1 Å². The van der Waals surface area contributed by atoms with Gasteiger partial charge in [0, 0.05) is 23.7 Å². The fraction of sp³-hybridized carbons (Fsp3) is 0.739. The van der Waals surface area contributed by atoms with Gasteiger partial charge in [0.1, 0.15) is 6.10 Å². The van der Waals surface area contributed by atoms with Gasteiger partial charge in [0.25, 0.3) is 0 Å². The zero-order valence-corrected chi connectivity index (χ0v) is 17.1. The van der Waals surface area contributed by atoms with Crippen molar-refractivity contribution in [3.63, 3.8) is 0 Å². The summed E-state index contributed by atoms with van der Waals surface area (Å²) in [5.74, 6) is 2.76. The van der Waals surface area contributed by atoms with Crippen LogP contribution >= 0.6 is 0 Å². The molecule has 6 rings (SSSR count). The van der Waals surface area contributed by atoms with Crippen LogP contribution in [0, 0.1) is 23.2 Å². The number of pyridine rings is 1. The number of halogens is 3. The van der Waals surface area contributed by atoms with E-state index in [1.54, 1.807) is 0 Å². The second-order valence-corrected chi connectivity index (χ2v) is 10.1. The molecule has 5 aliphatic rings. The number of alkyl halides is 3. The standard InChI is InChI=1S/C23H29F3N2O2/c24-23(25,26)17-1-6-20(27-13-17)30-19-4-2-18(3-5-19)28-21(29)22-10-14-7-15(11-22)9-16(8-14)12-22/h1,6,13-16,18-19H,2-5,7-12H2,(H,28,29). The molecular weight excluding hydrogens is 393 g/mol. The van der Waals surface area contributed by atoms with E-state index in [4.69, 9.17) is 4.74 Å². The zero-order valence-electron chi connectivity index (χ0n) is 17.1. The van der Waals surface area contributed by atoms with E-state index >= 15 is 0 Å². The summed E-state index contributed by atoms with van der Waals surface area (Å²) in [5.41, 5.74) is -0.891. The highest BCUT2D eigenvalue weighted by atomic mass is 19.4. The van der Waals surface area contributed by atoms with Crippen molar-refractivity contribution in [2.45, 2.75) is 82.5 Å². The molecule has 1 aromatic heterocycles. The lowest BCUT2D eigenvalue weighted by Crippen LogP contribution is -2.55. The molecule has 0 aliphatic heterocycles. The summed E-state index contributed by atoms with van der Waals surface area (Å²) in [6, 6.07) is 2.45.